The van der Waals surface area contributed by atoms with Gasteiger partial charge >= 0.3 is 12.0 Å². The molecule has 0 saturated heterocycles. The highest BCUT2D eigenvalue weighted by Gasteiger charge is 2.22. The van der Waals surface area contributed by atoms with Crippen LogP contribution < -0.4 is 16.4 Å². The number of benzene rings is 1. The molecule has 0 saturated carbocycles. The van der Waals surface area contributed by atoms with Crippen molar-refractivity contribution in [3.63, 3.8) is 0 Å². The molecular weight excluding hydrogens is 276 g/mol. The van der Waals surface area contributed by atoms with Crippen LogP contribution in [0, 0.1) is 11.6 Å². The van der Waals surface area contributed by atoms with Crippen LogP contribution in [0.3, 0.4) is 0 Å². The summed E-state index contributed by atoms with van der Waals surface area (Å²) in [7, 11) is 0. The number of anilines is 1. The fraction of sp³-hybridized carbons (Fsp3) is 0.182. The van der Waals surface area contributed by atoms with Crippen molar-refractivity contribution in [3.05, 3.63) is 29.8 Å². The Balaban J connectivity index is 2.72. The van der Waals surface area contributed by atoms with E-state index < -0.39 is 47.7 Å². The lowest BCUT2D eigenvalue weighted by Crippen LogP contribution is -2.45. The Morgan fingerprint density at radius 3 is 2.50 bits per heavy atom. The van der Waals surface area contributed by atoms with E-state index in [0.717, 1.165) is 18.2 Å². The SMILES string of the molecule is NC(=O)C[C@H](NC(=O)Nc1cc(F)ccc1F)C(=O)O. The maximum Gasteiger partial charge on any atom is 0.326 e. The number of carbonyl (C=O) groups is 3. The van der Waals surface area contributed by atoms with Crippen molar-refractivity contribution < 1.29 is 28.3 Å². The summed E-state index contributed by atoms with van der Waals surface area (Å²) in [4.78, 5) is 32.8. The first-order valence-electron chi connectivity index (χ1n) is 5.33. The van der Waals surface area contributed by atoms with Crippen molar-refractivity contribution in [1.29, 1.82) is 0 Å². The molecular formula is C11H11F2N3O4. The lowest BCUT2D eigenvalue weighted by molar-refractivity contribution is -0.140. The number of primary amides is 1. The number of halogens is 2. The number of carboxylic acids is 1. The molecule has 1 aromatic carbocycles. The van der Waals surface area contributed by atoms with Gasteiger partial charge in [-0.2, -0.15) is 0 Å². The van der Waals surface area contributed by atoms with Crippen LogP contribution in [0.25, 0.3) is 0 Å². The minimum absolute atomic E-state index is 0.467. The van der Waals surface area contributed by atoms with Crippen LogP contribution in [0.4, 0.5) is 19.3 Å². The second-order valence-corrected chi connectivity index (χ2v) is 3.78. The number of rotatable bonds is 5. The third kappa shape index (κ3) is 4.52. The second-order valence-electron chi connectivity index (χ2n) is 3.78. The molecule has 20 heavy (non-hydrogen) atoms. The number of carbonyl (C=O) groups excluding carboxylic acids is 2. The highest BCUT2D eigenvalue weighted by Crippen LogP contribution is 2.14. The lowest BCUT2D eigenvalue weighted by atomic mass is 10.2. The average Bonchev–Trinajstić information content (AvgIpc) is 2.32. The molecule has 3 amide bonds. The Morgan fingerprint density at radius 1 is 1.30 bits per heavy atom. The smallest absolute Gasteiger partial charge is 0.326 e. The van der Waals surface area contributed by atoms with Gasteiger partial charge in [0.15, 0.2) is 0 Å². The number of carboxylic acid groups (broad SMARTS) is 1. The number of amides is 3. The number of nitrogens with one attached hydrogen (secondary N) is 2. The number of nitrogens with two attached hydrogens (primary N) is 1. The summed E-state index contributed by atoms with van der Waals surface area (Å²) in [5.41, 5.74) is 4.35. The van der Waals surface area contributed by atoms with Gasteiger partial charge in [0.05, 0.1) is 12.1 Å². The summed E-state index contributed by atoms with van der Waals surface area (Å²) in [6.45, 7) is 0. The maximum absolute atomic E-state index is 13.2. The van der Waals surface area contributed by atoms with Crippen LogP contribution in [0.15, 0.2) is 18.2 Å². The summed E-state index contributed by atoms with van der Waals surface area (Å²) < 4.78 is 26.1. The highest BCUT2D eigenvalue weighted by molar-refractivity contribution is 5.93. The normalized spacial score (nSPS) is 11.5. The first-order valence-corrected chi connectivity index (χ1v) is 5.33. The summed E-state index contributed by atoms with van der Waals surface area (Å²) in [5, 5.41) is 12.6. The lowest BCUT2D eigenvalue weighted by Gasteiger charge is -2.14. The molecule has 0 aliphatic carbocycles. The number of hydrogen-bond donors (Lipinski definition) is 4. The van der Waals surface area contributed by atoms with Gasteiger partial charge in [-0.1, -0.05) is 0 Å². The molecule has 1 aromatic rings. The van der Waals surface area contributed by atoms with Crippen LogP contribution >= 0.6 is 0 Å². The van der Waals surface area contributed by atoms with Gasteiger partial charge in [0, 0.05) is 6.07 Å². The molecule has 0 bridgehead atoms. The average molecular weight is 287 g/mol. The molecule has 0 aliphatic rings. The summed E-state index contributed by atoms with van der Waals surface area (Å²) in [6.07, 6.45) is -0.631. The third-order valence-electron chi connectivity index (χ3n) is 2.19. The Morgan fingerprint density at radius 2 is 1.95 bits per heavy atom. The van der Waals surface area contributed by atoms with Gasteiger partial charge in [-0.05, 0) is 12.1 Å². The zero-order valence-electron chi connectivity index (χ0n) is 10.0. The fourth-order valence-corrected chi connectivity index (χ4v) is 1.31. The Kier molecular flexibility index (Phi) is 4.95. The number of hydrogen-bond acceptors (Lipinski definition) is 3. The first-order chi connectivity index (χ1) is 9.29. The molecule has 7 nitrogen and oxygen atoms in total. The van der Waals surface area contributed by atoms with E-state index in [-0.39, 0.29) is 0 Å². The van der Waals surface area contributed by atoms with Crippen molar-refractivity contribution in [2.24, 2.45) is 5.73 Å². The minimum Gasteiger partial charge on any atom is -0.480 e. The minimum atomic E-state index is -1.57. The van der Waals surface area contributed by atoms with Crippen LogP contribution in [0.1, 0.15) is 6.42 Å². The van der Waals surface area contributed by atoms with Gasteiger partial charge in [0.1, 0.15) is 17.7 Å². The van der Waals surface area contributed by atoms with E-state index in [0.29, 0.717) is 0 Å². The van der Waals surface area contributed by atoms with E-state index in [2.05, 4.69) is 0 Å². The zero-order valence-corrected chi connectivity index (χ0v) is 10.0. The van der Waals surface area contributed by atoms with Gasteiger partial charge in [0.2, 0.25) is 5.91 Å². The summed E-state index contributed by atoms with van der Waals surface area (Å²) in [5.74, 6) is -4.11. The summed E-state index contributed by atoms with van der Waals surface area (Å²) >= 11 is 0. The number of urea groups is 1. The molecule has 0 aromatic heterocycles. The molecule has 0 spiro atoms. The van der Waals surface area contributed by atoms with Crippen molar-refractivity contribution in [3.8, 4) is 0 Å². The Labute approximate surface area is 111 Å². The van der Waals surface area contributed by atoms with Gasteiger partial charge in [-0.25, -0.2) is 18.4 Å². The summed E-state index contributed by atoms with van der Waals surface area (Å²) in [6, 6.07) is -0.305. The van der Waals surface area contributed by atoms with Crippen molar-refractivity contribution in [1.82, 2.24) is 5.32 Å². The van der Waals surface area contributed by atoms with Crippen LogP contribution in [-0.2, 0) is 9.59 Å². The van der Waals surface area contributed by atoms with Gasteiger partial charge in [-0.15, -0.1) is 0 Å². The van der Waals surface area contributed by atoms with Gasteiger partial charge in [-0.3, -0.25) is 4.79 Å². The van der Waals surface area contributed by atoms with E-state index >= 15 is 0 Å². The quantitative estimate of drug-likeness (QED) is 0.626. The third-order valence-corrected chi connectivity index (χ3v) is 2.19. The van der Waals surface area contributed by atoms with E-state index in [9.17, 15) is 23.2 Å². The van der Waals surface area contributed by atoms with Crippen molar-refractivity contribution in [2.75, 3.05) is 5.32 Å². The molecule has 0 fully saturated rings. The van der Waals surface area contributed by atoms with Crippen molar-refractivity contribution >= 4 is 23.6 Å². The van der Waals surface area contributed by atoms with Crippen molar-refractivity contribution in [2.45, 2.75) is 12.5 Å². The van der Waals surface area contributed by atoms with Crippen LogP contribution in [0.2, 0.25) is 0 Å². The predicted molar refractivity (Wildman–Crippen MR) is 63.7 cm³/mol. The van der Waals surface area contributed by atoms with Crippen LogP contribution in [0.5, 0.6) is 0 Å². The number of aliphatic carboxylic acids is 1. The predicted octanol–water partition coefficient (Wildman–Crippen LogP) is 0.415. The van der Waals surface area contributed by atoms with Gasteiger partial charge in [0.25, 0.3) is 0 Å². The Bertz CT molecular complexity index is 550. The molecule has 1 rings (SSSR count). The molecule has 9 heteroatoms. The zero-order chi connectivity index (χ0) is 15.3. The monoisotopic (exact) mass is 287 g/mol. The molecule has 1 atom stereocenters. The standard InChI is InChI=1S/C11H11F2N3O4/c12-5-1-2-6(13)7(3-5)15-11(20)16-8(10(18)19)4-9(14)17/h1-3,8H,4H2,(H2,14,17)(H,18,19)(H2,15,16,20)/t8-/m0/s1. The fourth-order valence-electron chi connectivity index (χ4n) is 1.31. The highest BCUT2D eigenvalue weighted by atomic mass is 19.1. The maximum atomic E-state index is 13.2. The second kappa shape index (κ2) is 6.45. The first kappa shape index (κ1) is 15.3. The Hall–Kier alpha value is -2.71. The molecule has 0 unspecified atom stereocenters. The molecule has 0 aliphatic heterocycles. The van der Waals surface area contributed by atoms with Gasteiger partial charge < -0.3 is 21.5 Å². The van der Waals surface area contributed by atoms with E-state index in [1.807, 2.05) is 10.6 Å². The molecule has 108 valence electrons. The topological polar surface area (TPSA) is 122 Å². The molecule has 0 radical (unpaired) electrons. The largest absolute Gasteiger partial charge is 0.480 e. The molecule has 5 N–H and O–H groups in total. The van der Waals surface area contributed by atoms with E-state index in [1.165, 1.54) is 0 Å². The van der Waals surface area contributed by atoms with E-state index in [1.54, 1.807) is 0 Å². The molecule has 0 heterocycles. The van der Waals surface area contributed by atoms with Crippen LogP contribution in [-0.4, -0.2) is 29.1 Å². The van der Waals surface area contributed by atoms with E-state index in [4.69, 9.17) is 10.8 Å².